The minimum Gasteiger partial charge on any atom is -0.455 e. The van der Waals surface area contributed by atoms with Crippen LogP contribution in [0.3, 0.4) is 0 Å². The molecule has 0 saturated heterocycles. The first kappa shape index (κ1) is 38.4. The molecule has 11 aromatic carbocycles. The summed E-state index contributed by atoms with van der Waals surface area (Å²) in [6.07, 6.45) is 0. The van der Waals surface area contributed by atoms with Gasteiger partial charge in [0.1, 0.15) is 11.2 Å². The molecule has 0 saturated carbocycles. The lowest BCUT2D eigenvalue weighted by Gasteiger charge is -2.35. The van der Waals surface area contributed by atoms with Crippen molar-refractivity contribution < 1.29 is 4.42 Å². The zero-order valence-corrected chi connectivity index (χ0v) is 37.1. The van der Waals surface area contributed by atoms with Crippen molar-refractivity contribution in [3.8, 4) is 27.9 Å². The second-order valence-corrected chi connectivity index (χ2v) is 17.9. The van der Waals surface area contributed by atoms with Crippen molar-refractivity contribution in [1.82, 2.24) is 4.57 Å². The summed E-state index contributed by atoms with van der Waals surface area (Å²) in [5.74, 6) is 0. The fourth-order valence-corrected chi connectivity index (χ4v) is 11.7. The second-order valence-electron chi connectivity index (χ2n) is 17.9. The van der Waals surface area contributed by atoms with Gasteiger partial charge >= 0.3 is 0 Å². The summed E-state index contributed by atoms with van der Waals surface area (Å²) in [6, 6.07) is 93.2. The third-order valence-corrected chi connectivity index (χ3v) is 14.4. The maximum atomic E-state index is 6.99. The Bertz CT molecular complexity index is 4010. The maximum Gasteiger partial charge on any atom is 0.143 e. The normalized spacial score (nSPS) is 12.8. The van der Waals surface area contributed by atoms with Gasteiger partial charge in [-0.25, -0.2) is 0 Å². The van der Waals surface area contributed by atoms with Gasteiger partial charge in [0.25, 0.3) is 0 Å². The fourth-order valence-electron chi connectivity index (χ4n) is 11.7. The molecule has 0 radical (unpaired) electrons. The van der Waals surface area contributed by atoms with Gasteiger partial charge in [0.05, 0.1) is 39.2 Å². The molecule has 1 aliphatic carbocycles. The largest absolute Gasteiger partial charge is 0.455 e. The molecule has 3 heteroatoms. The first-order valence-electron chi connectivity index (χ1n) is 23.4. The zero-order valence-electron chi connectivity index (χ0n) is 37.1. The minimum atomic E-state index is -0.578. The fraction of sp³-hybridized carbons (Fsp3) is 0.0154. The van der Waals surface area contributed by atoms with Crippen LogP contribution in [0.4, 0.5) is 17.1 Å². The standard InChI is InChI=1S/C65H42N2O/c1-3-23-45(24-4-1)65(46-25-5-2-6-26-46)54-33-13-9-30-52(54)63-55(65)34-20-40-61(63)67(60-39-18-17-38-59(60)66-56-35-14-10-27-47(56)48-28-11-15-36-57(48)66)58-37-16-12-29-49(58)50-31-19-32-51-53-41-43-21-7-8-22-44(43)42-62(53)68-64(50)51/h1-42H. The SMILES string of the molecule is c1ccc(C2(c3ccccc3)c3ccccc3-c3c(N(c4ccccc4-c4cccc5c4oc4cc6ccccc6cc45)c4ccccc4-n4c5ccccc5c5ccccc54)cccc32)cc1. The van der Waals surface area contributed by atoms with Gasteiger partial charge < -0.3 is 13.9 Å². The van der Waals surface area contributed by atoms with Crippen molar-refractivity contribution in [1.29, 1.82) is 0 Å². The number of para-hydroxylation sites is 6. The van der Waals surface area contributed by atoms with E-state index in [4.69, 9.17) is 4.42 Å². The van der Waals surface area contributed by atoms with E-state index in [0.29, 0.717) is 0 Å². The Labute approximate surface area is 394 Å². The van der Waals surface area contributed by atoms with Gasteiger partial charge in [0.15, 0.2) is 0 Å². The summed E-state index contributed by atoms with van der Waals surface area (Å²) in [6.45, 7) is 0. The Morgan fingerprint density at radius 1 is 0.353 bits per heavy atom. The van der Waals surface area contributed by atoms with Crippen molar-refractivity contribution in [2.45, 2.75) is 5.41 Å². The number of anilines is 3. The Balaban J connectivity index is 1.10. The van der Waals surface area contributed by atoms with Crippen LogP contribution in [0.2, 0.25) is 0 Å². The van der Waals surface area contributed by atoms with E-state index < -0.39 is 5.41 Å². The molecule has 2 aromatic heterocycles. The van der Waals surface area contributed by atoms with Gasteiger partial charge in [-0.15, -0.1) is 0 Å². The van der Waals surface area contributed by atoms with E-state index in [9.17, 15) is 0 Å². The Kier molecular flexibility index (Phi) is 8.50. The van der Waals surface area contributed by atoms with E-state index in [1.807, 2.05) is 0 Å². The number of rotatable bonds is 7. The highest BCUT2D eigenvalue weighted by molar-refractivity contribution is 6.15. The molecule has 318 valence electrons. The summed E-state index contributed by atoms with van der Waals surface area (Å²) in [5.41, 5.74) is 17.3. The van der Waals surface area contributed by atoms with Crippen molar-refractivity contribution in [3.63, 3.8) is 0 Å². The lowest BCUT2D eigenvalue weighted by atomic mass is 9.68. The van der Waals surface area contributed by atoms with Crippen LogP contribution in [0.15, 0.2) is 259 Å². The minimum absolute atomic E-state index is 0.578. The summed E-state index contributed by atoms with van der Waals surface area (Å²) in [4.78, 5) is 2.53. The molecule has 0 aliphatic heterocycles. The molecule has 0 bridgehead atoms. The Morgan fingerprint density at radius 2 is 0.868 bits per heavy atom. The quantitative estimate of drug-likeness (QED) is 0.159. The summed E-state index contributed by atoms with van der Waals surface area (Å²) < 4.78 is 9.45. The average molecular weight is 867 g/mol. The van der Waals surface area contributed by atoms with Crippen LogP contribution in [-0.4, -0.2) is 4.57 Å². The van der Waals surface area contributed by atoms with Crippen molar-refractivity contribution in [3.05, 3.63) is 277 Å². The average Bonchev–Trinajstić information content (AvgIpc) is 4.05. The molecule has 13 aromatic rings. The van der Waals surface area contributed by atoms with Gasteiger partial charge in [0.2, 0.25) is 0 Å². The van der Waals surface area contributed by atoms with Crippen LogP contribution < -0.4 is 4.90 Å². The van der Waals surface area contributed by atoms with Crippen LogP contribution >= 0.6 is 0 Å². The molecular formula is C65H42N2O. The van der Waals surface area contributed by atoms with Crippen LogP contribution in [0, 0.1) is 0 Å². The molecule has 0 spiro atoms. The second kappa shape index (κ2) is 15.1. The maximum absolute atomic E-state index is 6.99. The summed E-state index contributed by atoms with van der Waals surface area (Å²) >= 11 is 0. The molecule has 0 amide bonds. The molecule has 68 heavy (non-hydrogen) atoms. The highest BCUT2D eigenvalue weighted by Crippen LogP contribution is 2.60. The van der Waals surface area contributed by atoms with E-state index in [0.717, 1.165) is 72.2 Å². The molecule has 1 aliphatic rings. The molecule has 0 fully saturated rings. The van der Waals surface area contributed by atoms with Crippen LogP contribution in [-0.2, 0) is 5.41 Å². The number of aromatic nitrogens is 1. The molecule has 0 unspecified atom stereocenters. The van der Waals surface area contributed by atoms with Crippen LogP contribution in [0.1, 0.15) is 22.3 Å². The Morgan fingerprint density at radius 3 is 1.60 bits per heavy atom. The third-order valence-electron chi connectivity index (χ3n) is 14.4. The lowest BCUT2D eigenvalue weighted by molar-refractivity contribution is 0.670. The number of benzene rings is 11. The highest BCUT2D eigenvalue weighted by Gasteiger charge is 2.47. The van der Waals surface area contributed by atoms with E-state index in [1.165, 1.54) is 49.5 Å². The van der Waals surface area contributed by atoms with E-state index >= 15 is 0 Å². The predicted octanol–water partition coefficient (Wildman–Crippen LogP) is 17.3. The lowest BCUT2D eigenvalue weighted by Crippen LogP contribution is -2.28. The van der Waals surface area contributed by atoms with E-state index in [1.54, 1.807) is 0 Å². The van der Waals surface area contributed by atoms with Gasteiger partial charge in [0, 0.05) is 38.2 Å². The number of fused-ring (bicyclic) bond motifs is 10. The first-order valence-corrected chi connectivity index (χ1v) is 23.4. The number of hydrogen-bond acceptors (Lipinski definition) is 2. The van der Waals surface area contributed by atoms with Crippen molar-refractivity contribution in [2.75, 3.05) is 4.90 Å². The van der Waals surface area contributed by atoms with E-state index in [-0.39, 0.29) is 0 Å². The zero-order chi connectivity index (χ0) is 44.8. The Hall–Kier alpha value is -8.92. The van der Waals surface area contributed by atoms with E-state index in [2.05, 4.69) is 264 Å². The van der Waals surface area contributed by atoms with Crippen molar-refractivity contribution >= 4 is 71.6 Å². The number of furan rings is 1. The van der Waals surface area contributed by atoms with Crippen LogP contribution in [0.25, 0.3) is 82.5 Å². The van der Waals surface area contributed by atoms with Gasteiger partial charge in [-0.3, -0.25) is 0 Å². The van der Waals surface area contributed by atoms with Gasteiger partial charge in [-0.1, -0.05) is 206 Å². The molecular weight excluding hydrogens is 825 g/mol. The molecule has 2 heterocycles. The molecule has 0 N–H and O–H groups in total. The topological polar surface area (TPSA) is 21.3 Å². The number of hydrogen-bond donors (Lipinski definition) is 0. The smallest absolute Gasteiger partial charge is 0.143 e. The molecule has 14 rings (SSSR count). The first-order chi connectivity index (χ1) is 33.8. The number of nitrogens with zero attached hydrogens (tertiary/aromatic N) is 2. The van der Waals surface area contributed by atoms with Gasteiger partial charge in [-0.05, 0) is 87.1 Å². The molecule has 0 atom stereocenters. The van der Waals surface area contributed by atoms with Gasteiger partial charge in [-0.2, -0.15) is 0 Å². The predicted molar refractivity (Wildman–Crippen MR) is 283 cm³/mol. The van der Waals surface area contributed by atoms with Crippen LogP contribution in [0.5, 0.6) is 0 Å². The highest BCUT2D eigenvalue weighted by atomic mass is 16.3. The monoisotopic (exact) mass is 866 g/mol. The summed E-state index contributed by atoms with van der Waals surface area (Å²) in [7, 11) is 0. The summed E-state index contributed by atoms with van der Waals surface area (Å²) in [5, 5.41) is 7.01. The van der Waals surface area contributed by atoms with Crippen molar-refractivity contribution in [2.24, 2.45) is 0 Å². The third kappa shape index (κ3) is 5.47. The molecule has 3 nitrogen and oxygen atoms in total.